The Kier molecular flexibility index (Phi) is 11.4. The summed E-state index contributed by atoms with van der Waals surface area (Å²) < 4.78 is 0. The van der Waals surface area contributed by atoms with E-state index in [1.54, 1.807) is 48.9 Å². The number of allylic oxidation sites excluding steroid dienone is 10. The topological polar surface area (TPSA) is 58.2 Å². The average molecular weight is 392 g/mol. The SMILES string of the molecule is CC(C)N/C=C1/C=CC=CC1=O.CC(C)N/C=C1/C=CC=CC1=O.[Zn]. The van der Waals surface area contributed by atoms with Crippen LogP contribution in [0, 0.1) is 0 Å². The smallest absolute Gasteiger partial charge is 0.187 e. The molecule has 0 aromatic heterocycles. The Morgan fingerprint density at radius 2 is 1.00 bits per heavy atom. The van der Waals surface area contributed by atoms with E-state index in [1.807, 2.05) is 39.8 Å². The zero-order valence-corrected chi connectivity index (χ0v) is 18.4. The summed E-state index contributed by atoms with van der Waals surface area (Å²) in [6, 6.07) is 0.731. The molecule has 0 radical (unpaired) electrons. The minimum Gasteiger partial charge on any atom is -0.388 e. The Labute approximate surface area is 163 Å². The number of carbonyl (C=O) groups excluding carboxylic acids is 2. The molecule has 0 aromatic carbocycles. The molecule has 4 nitrogen and oxygen atoms in total. The molecule has 2 rings (SSSR count). The predicted octanol–water partition coefficient (Wildman–Crippen LogP) is 3.12. The van der Waals surface area contributed by atoms with E-state index in [1.165, 1.54) is 0 Å². The second-order valence-corrected chi connectivity index (χ2v) is 6.01. The summed E-state index contributed by atoms with van der Waals surface area (Å²) in [5.41, 5.74) is 1.43. The third-order valence-corrected chi connectivity index (χ3v) is 2.98. The predicted molar refractivity (Wildman–Crippen MR) is 99.3 cm³/mol. The molecule has 0 aliphatic heterocycles. The van der Waals surface area contributed by atoms with E-state index in [2.05, 4.69) is 10.6 Å². The molecule has 5 heteroatoms. The molecular weight excluding hydrogens is 366 g/mol. The van der Waals surface area contributed by atoms with Crippen molar-refractivity contribution in [1.29, 1.82) is 0 Å². The Balaban J connectivity index is 0.000000443. The van der Waals surface area contributed by atoms with Gasteiger partial charge < -0.3 is 10.6 Å². The van der Waals surface area contributed by atoms with E-state index >= 15 is 0 Å². The third kappa shape index (κ3) is 9.78. The molecule has 0 saturated carbocycles. The number of ketones is 2. The van der Waals surface area contributed by atoms with Gasteiger partial charge in [0, 0.05) is 55.1 Å². The number of nitrogens with one attached hydrogen (secondary N) is 2. The summed E-state index contributed by atoms with van der Waals surface area (Å²) >= 11 is 0. The van der Waals surface area contributed by atoms with Crippen LogP contribution in [0.25, 0.3) is 0 Å². The van der Waals surface area contributed by atoms with E-state index in [0.717, 1.165) is 0 Å². The summed E-state index contributed by atoms with van der Waals surface area (Å²) in [4.78, 5) is 22.3. The van der Waals surface area contributed by atoms with Gasteiger partial charge in [0.15, 0.2) is 11.6 Å². The first-order valence-electron chi connectivity index (χ1n) is 8.10. The first kappa shape index (κ1) is 23.0. The zero-order valence-electron chi connectivity index (χ0n) is 15.5. The molecule has 0 atom stereocenters. The fourth-order valence-electron chi connectivity index (χ4n) is 1.71. The van der Waals surface area contributed by atoms with Gasteiger partial charge in [0.25, 0.3) is 0 Å². The van der Waals surface area contributed by atoms with Gasteiger partial charge in [-0.15, -0.1) is 0 Å². The molecule has 2 aliphatic rings. The van der Waals surface area contributed by atoms with E-state index in [-0.39, 0.29) is 31.0 Å². The molecule has 0 bridgehead atoms. The van der Waals surface area contributed by atoms with Crippen LogP contribution in [-0.4, -0.2) is 23.7 Å². The van der Waals surface area contributed by atoms with Gasteiger partial charge in [-0.25, -0.2) is 0 Å². The van der Waals surface area contributed by atoms with Gasteiger partial charge in [-0.1, -0.05) is 24.3 Å². The summed E-state index contributed by atoms with van der Waals surface area (Å²) in [6.45, 7) is 8.13. The number of carbonyl (C=O) groups is 2. The Bertz CT molecular complexity index is 580. The monoisotopic (exact) mass is 390 g/mol. The fraction of sp³-hybridized carbons (Fsp3) is 0.300. The van der Waals surface area contributed by atoms with E-state index in [9.17, 15) is 9.59 Å². The standard InChI is InChI=1S/2C10H13NO.Zn/c2*1-8(2)11-7-9-5-3-4-6-10(9)12;/h2*3-8,11H,1-2H3;/b2*9-7-;. The molecule has 25 heavy (non-hydrogen) atoms. The molecule has 0 unspecified atom stereocenters. The summed E-state index contributed by atoms with van der Waals surface area (Å²) in [6.07, 6.45) is 17.5. The minimum absolute atomic E-state index is 0. The molecule has 0 heterocycles. The van der Waals surface area contributed by atoms with Gasteiger partial charge in [-0.2, -0.15) is 0 Å². The van der Waals surface area contributed by atoms with Crippen LogP contribution in [0.2, 0.25) is 0 Å². The second-order valence-electron chi connectivity index (χ2n) is 6.01. The minimum atomic E-state index is 0. The Hall–Kier alpha value is -2.00. The van der Waals surface area contributed by atoms with Crippen molar-refractivity contribution >= 4 is 11.6 Å². The molecule has 0 aromatic rings. The summed E-state index contributed by atoms with van der Waals surface area (Å²) in [7, 11) is 0. The first-order valence-corrected chi connectivity index (χ1v) is 8.10. The van der Waals surface area contributed by atoms with Crippen molar-refractivity contribution in [2.24, 2.45) is 0 Å². The van der Waals surface area contributed by atoms with E-state index < -0.39 is 0 Å². The van der Waals surface area contributed by atoms with Gasteiger partial charge in [0.2, 0.25) is 0 Å². The maximum Gasteiger partial charge on any atom is 0.187 e. The van der Waals surface area contributed by atoms with Gasteiger partial charge in [-0.05, 0) is 52.0 Å². The fourth-order valence-corrected chi connectivity index (χ4v) is 1.71. The Morgan fingerprint density at radius 1 is 0.680 bits per heavy atom. The molecule has 2 N–H and O–H groups in total. The van der Waals surface area contributed by atoms with Crippen LogP contribution in [0.1, 0.15) is 27.7 Å². The van der Waals surface area contributed by atoms with Crippen molar-refractivity contribution in [3.05, 3.63) is 72.2 Å². The largest absolute Gasteiger partial charge is 0.388 e. The first-order chi connectivity index (χ1) is 11.4. The van der Waals surface area contributed by atoms with Crippen LogP contribution in [0.4, 0.5) is 0 Å². The van der Waals surface area contributed by atoms with Crippen LogP contribution < -0.4 is 10.6 Å². The third-order valence-electron chi connectivity index (χ3n) is 2.98. The van der Waals surface area contributed by atoms with Crippen LogP contribution in [0.15, 0.2) is 72.2 Å². The molecule has 0 saturated heterocycles. The van der Waals surface area contributed by atoms with Crippen molar-refractivity contribution in [1.82, 2.24) is 10.6 Å². The van der Waals surface area contributed by atoms with Crippen LogP contribution in [0.5, 0.6) is 0 Å². The van der Waals surface area contributed by atoms with Crippen molar-refractivity contribution in [3.63, 3.8) is 0 Å². The second kappa shape index (κ2) is 12.4. The van der Waals surface area contributed by atoms with Gasteiger partial charge >= 0.3 is 0 Å². The van der Waals surface area contributed by atoms with Crippen molar-refractivity contribution in [3.8, 4) is 0 Å². The molecule has 2 aliphatic carbocycles. The zero-order chi connectivity index (χ0) is 17.9. The molecule has 0 fully saturated rings. The quantitative estimate of drug-likeness (QED) is 0.571. The van der Waals surface area contributed by atoms with Crippen LogP contribution in [0.3, 0.4) is 0 Å². The number of hydrogen-bond acceptors (Lipinski definition) is 4. The van der Waals surface area contributed by atoms with Gasteiger partial charge in [-0.3, -0.25) is 9.59 Å². The van der Waals surface area contributed by atoms with Crippen LogP contribution in [-0.2, 0) is 29.1 Å². The van der Waals surface area contributed by atoms with Crippen LogP contribution >= 0.6 is 0 Å². The average Bonchev–Trinajstić information content (AvgIpc) is 2.54. The van der Waals surface area contributed by atoms with Gasteiger partial charge in [0.05, 0.1) is 0 Å². The van der Waals surface area contributed by atoms with Crippen molar-refractivity contribution in [2.45, 2.75) is 39.8 Å². The van der Waals surface area contributed by atoms with E-state index in [4.69, 9.17) is 0 Å². The number of rotatable bonds is 4. The van der Waals surface area contributed by atoms with Crippen molar-refractivity contribution < 1.29 is 29.1 Å². The molecule has 130 valence electrons. The molecular formula is C20H26N2O2Zn. The molecule has 0 spiro atoms. The maximum absolute atomic E-state index is 11.2. The van der Waals surface area contributed by atoms with E-state index in [0.29, 0.717) is 23.2 Å². The van der Waals surface area contributed by atoms with Gasteiger partial charge in [0.1, 0.15) is 0 Å². The van der Waals surface area contributed by atoms with Crippen molar-refractivity contribution in [2.75, 3.05) is 0 Å². The maximum atomic E-state index is 11.2. The summed E-state index contributed by atoms with van der Waals surface area (Å²) in [5.74, 6) is 0.122. The normalized spacial score (nSPS) is 18.5. The molecule has 0 amide bonds. The summed E-state index contributed by atoms with van der Waals surface area (Å²) in [5, 5.41) is 6.16. The Morgan fingerprint density at radius 3 is 1.28 bits per heavy atom. The number of hydrogen-bond donors (Lipinski definition) is 2.